The van der Waals surface area contributed by atoms with Gasteiger partial charge in [0.1, 0.15) is 5.41 Å². The van der Waals surface area contributed by atoms with Crippen molar-refractivity contribution in [3.05, 3.63) is 100.0 Å². The lowest BCUT2D eigenvalue weighted by molar-refractivity contribution is -0.121. The largest absolute Gasteiger partial charge is 0.330 e. The number of anilines is 1. The molecule has 0 saturated carbocycles. The van der Waals surface area contributed by atoms with Crippen LogP contribution >= 0.6 is 0 Å². The topological polar surface area (TPSA) is 71.4 Å². The molecule has 0 unspecified atom stereocenters. The van der Waals surface area contributed by atoms with Crippen molar-refractivity contribution in [3.63, 3.8) is 0 Å². The number of aryl methyl sites for hydroxylation is 1. The van der Waals surface area contributed by atoms with Gasteiger partial charge in [-0.15, -0.1) is 0 Å². The molecule has 156 valence electrons. The van der Waals surface area contributed by atoms with Gasteiger partial charge >= 0.3 is 0 Å². The van der Waals surface area contributed by atoms with Crippen LogP contribution in [0.1, 0.15) is 40.9 Å². The Morgan fingerprint density at radius 3 is 2.55 bits per heavy atom. The normalized spacial score (nSPS) is 21.9. The molecule has 2 amide bonds. The maximum absolute atomic E-state index is 13.6. The highest BCUT2D eigenvalue weighted by atomic mass is 16.2. The van der Waals surface area contributed by atoms with Crippen molar-refractivity contribution in [2.24, 2.45) is 0 Å². The van der Waals surface area contributed by atoms with Gasteiger partial charge in [-0.05, 0) is 36.6 Å². The summed E-state index contributed by atoms with van der Waals surface area (Å²) in [4.78, 5) is 41.1. The molecular weight excluding hydrogens is 390 g/mol. The number of fused-ring (bicyclic) bond motifs is 2. The average molecular weight is 413 g/mol. The Hall–Kier alpha value is -3.67. The molecule has 2 aliphatic rings. The molecule has 3 aromatic rings. The summed E-state index contributed by atoms with van der Waals surface area (Å²) in [5.41, 5.74) is 1.91. The van der Waals surface area contributed by atoms with E-state index in [0.29, 0.717) is 25.1 Å². The first kappa shape index (κ1) is 19.3. The van der Waals surface area contributed by atoms with E-state index in [1.54, 1.807) is 21.7 Å². The van der Waals surface area contributed by atoms with Gasteiger partial charge in [-0.3, -0.25) is 14.4 Å². The van der Waals surface area contributed by atoms with Crippen LogP contribution in [-0.2, 0) is 16.8 Å². The predicted octanol–water partition coefficient (Wildman–Crippen LogP) is 3.35. The van der Waals surface area contributed by atoms with Crippen LogP contribution in [0.2, 0.25) is 0 Å². The Balaban J connectivity index is 1.64. The molecule has 2 aliphatic heterocycles. The lowest BCUT2D eigenvalue weighted by Gasteiger charge is -2.34. The van der Waals surface area contributed by atoms with Crippen molar-refractivity contribution in [2.75, 3.05) is 11.9 Å². The second-order valence-corrected chi connectivity index (χ2v) is 8.07. The van der Waals surface area contributed by atoms with Gasteiger partial charge in [0.15, 0.2) is 0 Å². The number of likely N-dealkylation sites (tertiary alicyclic amines) is 1. The zero-order valence-corrected chi connectivity index (χ0v) is 17.2. The van der Waals surface area contributed by atoms with Crippen molar-refractivity contribution in [1.29, 1.82) is 0 Å². The molecule has 1 fully saturated rings. The first-order chi connectivity index (χ1) is 15.1. The molecule has 0 radical (unpaired) electrons. The van der Waals surface area contributed by atoms with Crippen molar-refractivity contribution in [2.45, 2.75) is 31.3 Å². The molecule has 3 heterocycles. The Kier molecular flexibility index (Phi) is 4.50. The van der Waals surface area contributed by atoms with Gasteiger partial charge in [0.25, 0.3) is 11.5 Å². The number of rotatable bonds is 3. The summed E-state index contributed by atoms with van der Waals surface area (Å²) in [7, 11) is 0. The number of hydrogen-bond donors (Lipinski definition) is 1. The van der Waals surface area contributed by atoms with Gasteiger partial charge in [-0.2, -0.15) is 0 Å². The molecule has 0 aliphatic carbocycles. The van der Waals surface area contributed by atoms with E-state index in [-0.39, 0.29) is 17.4 Å². The Morgan fingerprint density at radius 2 is 1.81 bits per heavy atom. The minimum atomic E-state index is -0.855. The number of nitrogens with one attached hydrogen (secondary N) is 1. The fraction of sp³-hybridized carbons (Fsp3) is 0.240. The molecule has 5 rings (SSSR count). The number of carbonyl (C=O) groups is 2. The highest BCUT2D eigenvalue weighted by Crippen LogP contribution is 2.54. The van der Waals surface area contributed by atoms with Gasteiger partial charge in [0.2, 0.25) is 5.91 Å². The van der Waals surface area contributed by atoms with E-state index in [1.807, 2.05) is 61.5 Å². The Morgan fingerprint density at radius 1 is 1.06 bits per heavy atom. The van der Waals surface area contributed by atoms with Crippen molar-refractivity contribution in [1.82, 2.24) is 9.47 Å². The third-order valence-corrected chi connectivity index (χ3v) is 6.55. The molecule has 6 nitrogen and oxygen atoms in total. The highest BCUT2D eigenvalue weighted by Gasteiger charge is 2.59. The van der Waals surface area contributed by atoms with Crippen molar-refractivity contribution in [3.8, 4) is 0 Å². The average Bonchev–Trinajstić information content (AvgIpc) is 3.33. The molecule has 1 saturated heterocycles. The lowest BCUT2D eigenvalue weighted by atomic mass is 9.72. The third kappa shape index (κ3) is 2.82. The highest BCUT2D eigenvalue weighted by molar-refractivity contribution is 6.08. The fourth-order valence-corrected chi connectivity index (χ4v) is 5.07. The summed E-state index contributed by atoms with van der Waals surface area (Å²) in [6.45, 7) is 2.86. The van der Waals surface area contributed by atoms with E-state index in [2.05, 4.69) is 5.32 Å². The SMILES string of the molecule is CCn1ccc(C(=O)N2CC[C@]3(C(=O)Nc4ccccc43)[C@@H]2c2ccccc2)cc1=O. The number of hydrogen-bond acceptors (Lipinski definition) is 3. The molecule has 31 heavy (non-hydrogen) atoms. The Labute approximate surface area is 180 Å². The standard InChI is InChI=1S/C25H23N3O3/c1-2-27-14-12-18(16-21(27)29)23(30)28-15-13-25(22(28)17-8-4-3-5-9-17)19-10-6-7-11-20(19)26-24(25)31/h3-12,14,16,22H,2,13,15H2,1H3,(H,26,31)/t22-,25+/m0/s1. The van der Waals surface area contributed by atoms with Gasteiger partial charge < -0.3 is 14.8 Å². The molecular formula is C25H23N3O3. The van der Waals surface area contributed by atoms with E-state index in [9.17, 15) is 14.4 Å². The summed E-state index contributed by atoms with van der Waals surface area (Å²) < 4.78 is 1.55. The van der Waals surface area contributed by atoms with Gasteiger partial charge in [-0.25, -0.2) is 0 Å². The molecule has 0 bridgehead atoms. The number of nitrogens with zero attached hydrogens (tertiary/aromatic N) is 2. The minimum absolute atomic E-state index is 0.0840. The smallest absolute Gasteiger partial charge is 0.254 e. The van der Waals surface area contributed by atoms with E-state index >= 15 is 0 Å². The number of benzene rings is 2. The van der Waals surface area contributed by atoms with E-state index < -0.39 is 11.5 Å². The van der Waals surface area contributed by atoms with Gasteiger partial charge in [0, 0.05) is 36.6 Å². The second kappa shape index (κ2) is 7.23. The maximum atomic E-state index is 13.6. The summed E-state index contributed by atoms with van der Waals surface area (Å²) in [6, 6.07) is 20.0. The molecule has 6 heteroatoms. The number of para-hydroxylation sites is 1. The van der Waals surface area contributed by atoms with Crippen LogP contribution in [0.25, 0.3) is 0 Å². The van der Waals surface area contributed by atoms with E-state index in [0.717, 1.165) is 16.8 Å². The van der Waals surface area contributed by atoms with Gasteiger partial charge in [0.05, 0.1) is 6.04 Å². The summed E-state index contributed by atoms with van der Waals surface area (Å²) in [5, 5.41) is 3.02. The summed E-state index contributed by atoms with van der Waals surface area (Å²) in [5.74, 6) is -0.317. The maximum Gasteiger partial charge on any atom is 0.254 e. The molecule has 1 N–H and O–H groups in total. The molecule has 1 spiro atoms. The van der Waals surface area contributed by atoms with E-state index in [1.165, 1.54) is 6.07 Å². The Bertz CT molecular complexity index is 1230. The third-order valence-electron chi connectivity index (χ3n) is 6.55. The quantitative estimate of drug-likeness (QED) is 0.716. The zero-order chi connectivity index (χ0) is 21.6. The molecule has 2 aromatic carbocycles. The number of amides is 2. The summed E-state index contributed by atoms with van der Waals surface area (Å²) in [6.07, 6.45) is 2.17. The van der Waals surface area contributed by atoms with Crippen molar-refractivity contribution < 1.29 is 9.59 Å². The molecule has 1 aromatic heterocycles. The molecule has 2 atom stereocenters. The number of aromatic nitrogens is 1. The first-order valence-electron chi connectivity index (χ1n) is 10.5. The monoisotopic (exact) mass is 413 g/mol. The predicted molar refractivity (Wildman–Crippen MR) is 118 cm³/mol. The minimum Gasteiger partial charge on any atom is -0.330 e. The van der Waals surface area contributed by atoms with Crippen LogP contribution in [-0.4, -0.2) is 27.8 Å². The second-order valence-electron chi connectivity index (χ2n) is 8.07. The van der Waals surface area contributed by atoms with Crippen LogP contribution in [0.3, 0.4) is 0 Å². The van der Waals surface area contributed by atoms with Crippen LogP contribution in [0, 0.1) is 0 Å². The zero-order valence-electron chi connectivity index (χ0n) is 17.2. The van der Waals surface area contributed by atoms with Crippen LogP contribution in [0.4, 0.5) is 5.69 Å². The van der Waals surface area contributed by atoms with Gasteiger partial charge in [-0.1, -0.05) is 48.5 Å². The van der Waals surface area contributed by atoms with Crippen LogP contribution in [0.15, 0.2) is 77.7 Å². The van der Waals surface area contributed by atoms with Crippen LogP contribution in [0.5, 0.6) is 0 Å². The summed E-state index contributed by atoms with van der Waals surface area (Å²) >= 11 is 0. The number of pyridine rings is 1. The number of carbonyl (C=O) groups excluding carboxylic acids is 2. The fourth-order valence-electron chi connectivity index (χ4n) is 5.07. The van der Waals surface area contributed by atoms with Crippen LogP contribution < -0.4 is 10.9 Å². The van der Waals surface area contributed by atoms with E-state index in [4.69, 9.17) is 0 Å². The van der Waals surface area contributed by atoms with Crippen molar-refractivity contribution >= 4 is 17.5 Å². The lowest BCUT2D eigenvalue weighted by Crippen LogP contribution is -2.42. The first-order valence-corrected chi connectivity index (χ1v) is 10.5.